The molecule has 3 rings (SSSR count). The summed E-state index contributed by atoms with van der Waals surface area (Å²) in [7, 11) is 0. The van der Waals surface area contributed by atoms with E-state index in [0.717, 1.165) is 14.6 Å². The fourth-order valence-corrected chi connectivity index (χ4v) is 4.44. The number of ketones is 1. The van der Waals surface area contributed by atoms with Gasteiger partial charge >= 0.3 is 0 Å². The maximum atomic E-state index is 11.6. The number of hydrogen-bond acceptors (Lipinski definition) is 6. The molecule has 1 atom stereocenters. The van der Waals surface area contributed by atoms with Crippen LogP contribution in [0.2, 0.25) is 5.02 Å². The van der Waals surface area contributed by atoms with Gasteiger partial charge in [-0.1, -0.05) is 30.3 Å². The van der Waals surface area contributed by atoms with Gasteiger partial charge in [-0.3, -0.25) is 4.79 Å². The number of rotatable bonds is 8. The van der Waals surface area contributed by atoms with Crippen LogP contribution >= 0.6 is 34.7 Å². The lowest BCUT2D eigenvalue weighted by molar-refractivity contribution is 0.0987. The van der Waals surface area contributed by atoms with Crippen molar-refractivity contribution in [2.45, 2.75) is 23.8 Å². The van der Waals surface area contributed by atoms with E-state index in [1.165, 1.54) is 11.8 Å². The van der Waals surface area contributed by atoms with E-state index in [1.54, 1.807) is 35.6 Å². The quantitative estimate of drug-likeness (QED) is 0.417. The van der Waals surface area contributed by atoms with E-state index in [1.807, 2.05) is 25.1 Å². The van der Waals surface area contributed by atoms with Crippen LogP contribution in [0.25, 0.3) is 10.2 Å². The molecular weight excluding hydrogens is 390 g/mol. The molecule has 26 heavy (non-hydrogen) atoms. The first-order valence-electron chi connectivity index (χ1n) is 8.18. The fourth-order valence-electron chi connectivity index (χ4n) is 2.29. The number of aliphatic hydroxyl groups excluding tert-OH is 1. The molecule has 0 saturated heterocycles. The van der Waals surface area contributed by atoms with Crippen LogP contribution in [0.4, 0.5) is 0 Å². The Bertz CT molecular complexity index is 895. The second kappa shape index (κ2) is 8.86. The van der Waals surface area contributed by atoms with Gasteiger partial charge in [0, 0.05) is 22.8 Å². The molecule has 1 heterocycles. The minimum Gasteiger partial charge on any atom is -0.491 e. The summed E-state index contributed by atoms with van der Waals surface area (Å²) in [6.45, 7) is 2.02. The van der Waals surface area contributed by atoms with Crippen molar-refractivity contribution in [1.29, 1.82) is 0 Å². The van der Waals surface area contributed by atoms with Crippen LogP contribution in [0.5, 0.6) is 5.75 Å². The third-order valence-corrected chi connectivity index (χ3v) is 6.23. The highest BCUT2D eigenvalue weighted by molar-refractivity contribution is 8.01. The Morgan fingerprint density at radius 1 is 1.31 bits per heavy atom. The molecule has 4 nitrogen and oxygen atoms in total. The van der Waals surface area contributed by atoms with Crippen molar-refractivity contribution in [3.63, 3.8) is 0 Å². The number of fused-ring (bicyclic) bond motifs is 1. The number of aliphatic hydroxyl groups is 1. The Balaban J connectivity index is 1.49. The second-order valence-corrected chi connectivity index (χ2v) is 8.40. The number of Topliss-reactive ketones (excluding diaryl/α,β-unsaturated/α-hetero) is 1. The number of thioether (sulfide) groups is 1. The molecular formula is C19H18ClNO3S2. The molecule has 1 aromatic heterocycles. The zero-order chi connectivity index (χ0) is 18.5. The largest absolute Gasteiger partial charge is 0.491 e. The third-order valence-electron chi connectivity index (χ3n) is 3.67. The molecule has 0 amide bonds. The minimum absolute atomic E-state index is 0.102. The zero-order valence-corrected chi connectivity index (χ0v) is 16.5. The number of nitrogens with zero attached hydrogens (tertiary/aromatic N) is 1. The Morgan fingerprint density at radius 3 is 2.81 bits per heavy atom. The molecule has 0 saturated carbocycles. The standard InChI is InChI=1S/C19H18ClNO3S2/c1-2-17(23)12-3-6-15(7-4-12)24-10-14(22)11-25-19-21-16-9-13(20)5-8-18(16)26-19/h3-9,14,22H,2,10-11H2,1H3/t14-/m0/s1. The number of carbonyl (C=O) groups excluding carboxylic acids is 1. The van der Waals surface area contributed by atoms with Crippen LogP contribution in [-0.2, 0) is 0 Å². The Kier molecular flexibility index (Phi) is 6.53. The van der Waals surface area contributed by atoms with Gasteiger partial charge in [-0.2, -0.15) is 0 Å². The molecule has 3 aromatic rings. The summed E-state index contributed by atoms with van der Waals surface area (Å²) in [5.41, 5.74) is 1.55. The highest BCUT2D eigenvalue weighted by Crippen LogP contribution is 2.31. The highest BCUT2D eigenvalue weighted by atomic mass is 35.5. The molecule has 2 aromatic carbocycles. The van der Waals surface area contributed by atoms with Gasteiger partial charge in [-0.05, 0) is 42.5 Å². The van der Waals surface area contributed by atoms with E-state index < -0.39 is 6.10 Å². The zero-order valence-electron chi connectivity index (χ0n) is 14.1. The van der Waals surface area contributed by atoms with E-state index in [9.17, 15) is 9.90 Å². The monoisotopic (exact) mass is 407 g/mol. The normalized spacial score (nSPS) is 12.3. The highest BCUT2D eigenvalue weighted by Gasteiger charge is 2.10. The van der Waals surface area contributed by atoms with Crippen LogP contribution < -0.4 is 4.74 Å². The molecule has 0 fully saturated rings. The predicted molar refractivity (Wildman–Crippen MR) is 108 cm³/mol. The summed E-state index contributed by atoms with van der Waals surface area (Å²) in [4.78, 5) is 16.1. The summed E-state index contributed by atoms with van der Waals surface area (Å²) in [6.07, 6.45) is -0.138. The average molecular weight is 408 g/mol. The van der Waals surface area contributed by atoms with Crippen LogP contribution in [0, 0.1) is 0 Å². The van der Waals surface area contributed by atoms with Gasteiger partial charge in [-0.25, -0.2) is 4.98 Å². The number of carbonyl (C=O) groups is 1. The lowest BCUT2D eigenvalue weighted by Gasteiger charge is -2.11. The molecule has 1 N–H and O–H groups in total. The van der Waals surface area contributed by atoms with Crippen LogP contribution in [0.15, 0.2) is 46.8 Å². The maximum Gasteiger partial charge on any atom is 0.162 e. The van der Waals surface area contributed by atoms with E-state index in [2.05, 4.69) is 4.98 Å². The lowest BCUT2D eigenvalue weighted by atomic mass is 10.1. The molecule has 0 spiro atoms. The van der Waals surface area contributed by atoms with Crippen molar-refractivity contribution in [3.05, 3.63) is 53.1 Å². The number of aromatic nitrogens is 1. The molecule has 0 aliphatic rings. The molecule has 0 aliphatic heterocycles. The summed E-state index contributed by atoms with van der Waals surface area (Å²) in [6, 6.07) is 12.6. The van der Waals surface area contributed by atoms with Crippen LogP contribution in [0.1, 0.15) is 23.7 Å². The molecule has 0 unspecified atom stereocenters. The van der Waals surface area contributed by atoms with E-state index in [-0.39, 0.29) is 12.4 Å². The van der Waals surface area contributed by atoms with E-state index >= 15 is 0 Å². The summed E-state index contributed by atoms with van der Waals surface area (Å²) in [5, 5.41) is 10.8. The Morgan fingerprint density at radius 2 is 2.08 bits per heavy atom. The van der Waals surface area contributed by atoms with Crippen molar-refractivity contribution < 1.29 is 14.6 Å². The van der Waals surface area contributed by atoms with Gasteiger partial charge < -0.3 is 9.84 Å². The molecule has 0 bridgehead atoms. The van der Waals surface area contributed by atoms with Gasteiger partial charge in [0.05, 0.1) is 16.3 Å². The number of benzene rings is 2. The fraction of sp³-hybridized carbons (Fsp3) is 0.263. The summed E-state index contributed by atoms with van der Waals surface area (Å²) < 4.78 is 7.56. The number of ether oxygens (including phenoxy) is 1. The third kappa shape index (κ3) is 4.98. The van der Waals surface area contributed by atoms with E-state index in [4.69, 9.17) is 16.3 Å². The van der Waals surface area contributed by atoms with Crippen molar-refractivity contribution in [2.24, 2.45) is 0 Å². The van der Waals surface area contributed by atoms with Crippen LogP contribution in [-0.4, -0.2) is 34.3 Å². The first-order valence-corrected chi connectivity index (χ1v) is 10.4. The smallest absolute Gasteiger partial charge is 0.162 e. The summed E-state index contributed by atoms with van der Waals surface area (Å²) in [5.74, 6) is 1.22. The number of halogens is 1. The molecule has 0 radical (unpaired) electrons. The van der Waals surface area contributed by atoms with Crippen molar-refractivity contribution in [3.8, 4) is 5.75 Å². The van der Waals surface area contributed by atoms with Gasteiger partial charge in [0.15, 0.2) is 10.1 Å². The van der Waals surface area contributed by atoms with E-state index in [0.29, 0.717) is 28.5 Å². The number of thiazole rings is 1. The minimum atomic E-state index is -0.618. The number of hydrogen-bond donors (Lipinski definition) is 1. The van der Waals surface area contributed by atoms with Gasteiger partial charge in [0.1, 0.15) is 12.4 Å². The van der Waals surface area contributed by atoms with Crippen molar-refractivity contribution in [2.75, 3.05) is 12.4 Å². The lowest BCUT2D eigenvalue weighted by Crippen LogP contribution is -2.20. The molecule has 7 heteroatoms. The van der Waals surface area contributed by atoms with Gasteiger partial charge in [0.25, 0.3) is 0 Å². The first kappa shape index (κ1) is 19.2. The first-order chi connectivity index (χ1) is 12.5. The molecule has 136 valence electrons. The van der Waals surface area contributed by atoms with Crippen molar-refractivity contribution >= 4 is 50.7 Å². The predicted octanol–water partition coefficient (Wildman–Crippen LogP) is 5.07. The topological polar surface area (TPSA) is 59.4 Å². The second-order valence-electron chi connectivity index (χ2n) is 5.67. The van der Waals surface area contributed by atoms with Gasteiger partial charge in [-0.15, -0.1) is 11.3 Å². The Hall–Kier alpha value is -1.60. The van der Waals surface area contributed by atoms with Crippen molar-refractivity contribution in [1.82, 2.24) is 4.98 Å². The SMILES string of the molecule is CCC(=O)c1ccc(OC[C@H](O)CSc2nc3cc(Cl)ccc3s2)cc1. The maximum absolute atomic E-state index is 11.6. The van der Waals surface area contributed by atoms with Crippen LogP contribution in [0.3, 0.4) is 0 Å². The average Bonchev–Trinajstić information content (AvgIpc) is 3.06. The van der Waals surface area contributed by atoms with Gasteiger partial charge in [0.2, 0.25) is 0 Å². The Labute approximate surface area is 165 Å². The summed E-state index contributed by atoms with van der Waals surface area (Å²) >= 11 is 9.05. The molecule has 0 aliphatic carbocycles.